The molecule has 2 saturated heterocycles. The Kier molecular flexibility index (Phi) is 4.87. The van der Waals surface area contributed by atoms with E-state index < -0.39 is 0 Å². The second-order valence-corrected chi connectivity index (χ2v) is 8.37. The summed E-state index contributed by atoms with van der Waals surface area (Å²) in [6.45, 7) is 7.36. The number of nitrogens with zero attached hydrogens (tertiary/aromatic N) is 4. The van der Waals surface area contributed by atoms with E-state index in [1.807, 2.05) is 28.5 Å². The molecular weight excluding hydrogens is 336 g/mol. The van der Waals surface area contributed by atoms with Crippen molar-refractivity contribution in [1.82, 2.24) is 19.6 Å². The molecular formula is C18H24N4O2S. The summed E-state index contributed by atoms with van der Waals surface area (Å²) in [6, 6.07) is 6.51. The first-order valence-corrected chi connectivity index (χ1v) is 9.61. The number of aryl methyl sites for hydroxylation is 1. The molecule has 4 heterocycles. The third kappa shape index (κ3) is 3.94. The van der Waals surface area contributed by atoms with Crippen molar-refractivity contribution < 1.29 is 9.53 Å². The van der Waals surface area contributed by atoms with Gasteiger partial charge in [0, 0.05) is 54.2 Å². The van der Waals surface area contributed by atoms with Crippen LogP contribution < -0.4 is 0 Å². The van der Waals surface area contributed by atoms with Gasteiger partial charge in [-0.15, -0.1) is 11.3 Å². The van der Waals surface area contributed by atoms with E-state index in [2.05, 4.69) is 29.1 Å². The SMILES string of the molecule is Cc1ccc(CN2C[C@H]3COC[C@@H]2CN(C(=O)Cn2cccn2)C3)s1. The van der Waals surface area contributed by atoms with Gasteiger partial charge in [-0.1, -0.05) is 0 Å². The van der Waals surface area contributed by atoms with Gasteiger partial charge in [0.15, 0.2) is 0 Å². The van der Waals surface area contributed by atoms with Crippen LogP contribution in [-0.2, 0) is 22.6 Å². The van der Waals surface area contributed by atoms with Crippen LogP contribution in [0.15, 0.2) is 30.6 Å². The van der Waals surface area contributed by atoms with Crippen LogP contribution in [-0.4, -0.2) is 64.4 Å². The van der Waals surface area contributed by atoms with Gasteiger partial charge in [-0.05, 0) is 25.1 Å². The highest BCUT2D eigenvalue weighted by Gasteiger charge is 2.35. The Hall–Kier alpha value is -1.70. The number of amides is 1. The van der Waals surface area contributed by atoms with Gasteiger partial charge in [-0.2, -0.15) is 5.10 Å². The Bertz CT molecular complexity index is 714. The highest BCUT2D eigenvalue weighted by atomic mass is 32.1. The summed E-state index contributed by atoms with van der Waals surface area (Å²) >= 11 is 1.86. The van der Waals surface area contributed by atoms with E-state index in [9.17, 15) is 4.79 Å². The first-order chi connectivity index (χ1) is 12.2. The molecule has 7 heteroatoms. The van der Waals surface area contributed by atoms with Crippen LogP contribution in [0.1, 0.15) is 9.75 Å². The van der Waals surface area contributed by atoms with Crippen molar-refractivity contribution in [2.24, 2.45) is 5.92 Å². The summed E-state index contributed by atoms with van der Waals surface area (Å²) in [6.07, 6.45) is 3.55. The predicted molar refractivity (Wildman–Crippen MR) is 96.4 cm³/mol. The van der Waals surface area contributed by atoms with Gasteiger partial charge >= 0.3 is 0 Å². The van der Waals surface area contributed by atoms with Crippen molar-refractivity contribution in [3.8, 4) is 0 Å². The van der Waals surface area contributed by atoms with Crippen LogP contribution in [0.2, 0.25) is 0 Å². The van der Waals surface area contributed by atoms with Crippen molar-refractivity contribution >= 4 is 17.2 Å². The standard InChI is InChI=1S/C18H24N4O2S/c1-14-3-4-17(25-14)10-20-7-15-8-21(9-16(20)13-24-12-15)18(23)11-22-6-2-5-19-22/h2-6,15-16H,7-13H2,1H3/t15-,16+/m1/s1. The third-order valence-corrected chi connectivity index (χ3v) is 5.93. The predicted octanol–water partition coefficient (Wildman–Crippen LogP) is 1.61. The molecule has 2 aromatic heterocycles. The summed E-state index contributed by atoms with van der Waals surface area (Å²) in [5, 5.41) is 4.16. The minimum absolute atomic E-state index is 0.148. The summed E-state index contributed by atoms with van der Waals surface area (Å²) in [5.74, 6) is 0.518. The molecule has 0 spiro atoms. The van der Waals surface area contributed by atoms with Gasteiger partial charge in [0.1, 0.15) is 6.54 Å². The zero-order chi connectivity index (χ0) is 17.2. The van der Waals surface area contributed by atoms with Gasteiger partial charge < -0.3 is 9.64 Å². The molecule has 0 radical (unpaired) electrons. The Morgan fingerprint density at radius 1 is 1.32 bits per heavy atom. The van der Waals surface area contributed by atoms with Crippen molar-refractivity contribution in [3.05, 3.63) is 40.3 Å². The van der Waals surface area contributed by atoms with Crippen LogP contribution in [0, 0.1) is 12.8 Å². The minimum atomic E-state index is 0.148. The molecule has 2 bridgehead atoms. The summed E-state index contributed by atoms with van der Waals surface area (Å²) in [7, 11) is 0. The molecule has 0 unspecified atom stereocenters. The molecule has 1 amide bonds. The van der Waals surface area contributed by atoms with E-state index in [1.54, 1.807) is 10.9 Å². The topological polar surface area (TPSA) is 50.6 Å². The molecule has 134 valence electrons. The lowest BCUT2D eigenvalue weighted by molar-refractivity contribution is -0.134. The van der Waals surface area contributed by atoms with E-state index in [-0.39, 0.29) is 11.9 Å². The second-order valence-electron chi connectivity index (χ2n) is 7.00. The van der Waals surface area contributed by atoms with E-state index in [1.165, 1.54) is 9.75 Å². The maximum Gasteiger partial charge on any atom is 0.244 e. The average molecular weight is 360 g/mol. The normalized spacial score (nSPS) is 24.3. The second kappa shape index (κ2) is 7.27. The Labute approximate surface area is 152 Å². The molecule has 2 aliphatic heterocycles. The van der Waals surface area contributed by atoms with Crippen LogP contribution in [0.25, 0.3) is 0 Å². The van der Waals surface area contributed by atoms with Crippen molar-refractivity contribution in [2.75, 3.05) is 32.8 Å². The van der Waals surface area contributed by atoms with Gasteiger partial charge in [0.25, 0.3) is 0 Å². The first-order valence-electron chi connectivity index (χ1n) is 8.79. The lowest BCUT2D eigenvalue weighted by Crippen LogP contribution is -2.46. The number of rotatable bonds is 4. The number of fused-ring (bicyclic) bond motifs is 3. The number of aromatic nitrogens is 2. The first kappa shape index (κ1) is 16.8. The lowest BCUT2D eigenvalue weighted by atomic mass is 10.1. The third-order valence-electron chi connectivity index (χ3n) is 4.95. The molecule has 2 atom stereocenters. The van der Waals surface area contributed by atoms with Gasteiger partial charge in [0.2, 0.25) is 5.91 Å². The molecule has 25 heavy (non-hydrogen) atoms. The zero-order valence-electron chi connectivity index (χ0n) is 14.5. The molecule has 0 saturated carbocycles. The average Bonchev–Trinajstić information content (AvgIpc) is 3.12. The van der Waals surface area contributed by atoms with E-state index in [4.69, 9.17) is 4.74 Å². The maximum absolute atomic E-state index is 12.7. The summed E-state index contributed by atoms with van der Waals surface area (Å²) in [5.41, 5.74) is 0. The smallest absolute Gasteiger partial charge is 0.244 e. The highest BCUT2D eigenvalue weighted by molar-refractivity contribution is 7.11. The number of ether oxygens (including phenoxy) is 1. The lowest BCUT2D eigenvalue weighted by Gasteiger charge is -2.31. The number of thiophene rings is 1. The Morgan fingerprint density at radius 3 is 3.00 bits per heavy atom. The van der Waals surface area contributed by atoms with Crippen LogP contribution >= 0.6 is 11.3 Å². The fourth-order valence-corrected chi connectivity index (χ4v) is 4.65. The molecule has 0 aromatic carbocycles. The van der Waals surface area contributed by atoms with Gasteiger partial charge in [-0.3, -0.25) is 14.4 Å². The van der Waals surface area contributed by atoms with E-state index >= 15 is 0 Å². The minimum Gasteiger partial charge on any atom is -0.379 e. The Morgan fingerprint density at radius 2 is 2.24 bits per heavy atom. The molecule has 4 rings (SSSR count). The zero-order valence-corrected chi connectivity index (χ0v) is 15.3. The highest BCUT2D eigenvalue weighted by Crippen LogP contribution is 2.24. The molecule has 2 aromatic rings. The quantitative estimate of drug-likeness (QED) is 0.831. The van der Waals surface area contributed by atoms with E-state index in [0.29, 0.717) is 19.1 Å². The van der Waals surface area contributed by atoms with E-state index in [0.717, 1.165) is 32.8 Å². The molecule has 2 fully saturated rings. The van der Waals surface area contributed by atoms with Crippen molar-refractivity contribution in [2.45, 2.75) is 26.1 Å². The number of hydrogen-bond acceptors (Lipinski definition) is 5. The molecule has 2 aliphatic rings. The fourth-order valence-electron chi connectivity index (χ4n) is 3.73. The largest absolute Gasteiger partial charge is 0.379 e. The Balaban J connectivity index is 1.46. The van der Waals surface area contributed by atoms with Gasteiger partial charge in [0.05, 0.1) is 19.3 Å². The van der Waals surface area contributed by atoms with Crippen molar-refractivity contribution in [1.29, 1.82) is 0 Å². The molecule has 0 N–H and O–H groups in total. The van der Waals surface area contributed by atoms with Crippen molar-refractivity contribution in [3.63, 3.8) is 0 Å². The maximum atomic E-state index is 12.7. The summed E-state index contributed by atoms with van der Waals surface area (Å²) < 4.78 is 7.57. The number of hydrogen-bond donors (Lipinski definition) is 0. The van der Waals surface area contributed by atoms with Gasteiger partial charge in [-0.25, -0.2) is 0 Å². The molecule has 0 aliphatic carbocycles. The summed E-state index contributed by atoms with van der Waals surface area (Å²) in [4.78, 5) is 20.0. The number of carbonyl (C=O) groups excluding carboxylic acids is 1. The fraction of sp³-hybridized carbons (Fsp3) is 0.556. The monoisotopic (exact) mass is 360 g/mol. The molecule has 6 nitrogen and oxygen atoms in total. The number of carbonyl (C=O) groups is 1. The van der Waals surface area contributed by atoms with Crippen LogP contribution in [0.4, 0.5) is 0 Å². The van der Waals surface area contributed by atoms with Crippen LogP contribution in [0.3, 0.4) is 0 Å². The van der Waals surface area contributed by atoms with Crippen LogP contribution in [0.5, 0.6) is 0 Å².